The Morgan fingerprint density at radius 1 is 0.352 bits per heavy atom. The molecule has 0 unspecified atom stereocenters. The molecule has 0 bridgehead atoms. The highest BCUT2D eigenvalue weighted by molar-refractivity contribution is 6.28. The van der Waals surface area contributed by atoms with Gasteiger partial charge in [-0.15, -0.1) is 0 Å². The first-order valence-corrected chi connectivity index (χ1v) is 20.3. The van der Waals surface area contributed by atoms with Crippen molar-refractivity contribution in [1.29, 1.82) is 0 Å². The third-order valence-electron chi connectivity index (χ3n) is 9.22. The molecule has 4 aromatic rings. The van der Waals surface area contributed by atoms with Gasteiger partial charge in [0.05, 0.1) is 39.6 Å². The smallest absolute Gasteiger partial charge is 0.341 e. The predicted molar refractivity (Wildman–Crippen MR) is 216 cm³/mol. The van der Waals surface area contributed by atoms with Crippen molar-refractivity contribution >= 4 is 50.2 Å². The van der Waals surface area contributed by atoms with Gasteiger partial charge in [-0.2, -0.15) is 0 Å². The summed E-state index contributed by atoms with van der Waals surface area (Å²) in [7, 11) is 0. The van der Waals surface area contributed by atoms with Crippen molar-refractivity contribution in [3.05, 3.63) is 53.1 Å². The summed E-state index contributed by atoms with van der Waals surface area (Å²) in [4.78, 5) is 40.9. The van der Waals surface area contributed by atoms with E-state index in [1.807, 2.05) is 45.0 Å². The number of carbonyl (C=O) groups excluding carboxylic acids is 3. The maximum Gasteiger partial charge on any atom is 0.341 e. The van der Waals surface area contributed by atoms with E-state index in [0.29, 0.717) is 83.8 Å². The molecule has 4 aromatic carbocycles. The minimum atomic E-state index is -0.490. The van der Waals surface area contributed by atoms with Gasteiger partial charge in [0.2, 0.25) is 0 Å². The number of rotatable bonds is 24. The van der Waals surface area contributed by atoms with Gasteiger partial charge in [0.25, 0.3) is 0 Å². The van der Waals surface area contributed by atoms with E-state index >= 15 is 0 Å². The molecule has 0 N–H and O–H groups in total. The summed E-state index contributed by atoms with van der Waals surface area (Å²) in [5, 5.41) is 4.44. The molecular weight excluding hydrogens is 684 g/mol. The van der Waals surface area contributed by atoms with Crippen molar-refractivity contribution in [3.63, 3.8) is 0 Å². The van der Waals surface area contributed by atoms with Crippen LogP contribution < -0.4 is 14.2 Å². The zero-order chi connectivity index (χ0) is 38.9. The lowest BCUT2D eigenvalue weighted by atomic mass is 9.90. The fourth-order valence-electron chi connectivity index (χ4n) is 6.33. The van der Waals surface area contributed by atoms with E-state index in [1.165, 1.54) is 0 Å². The zero-order valence-electron chi connectivity index (χ0n) is 33.4. The van der Waals surface area contributed by atoms with Crippen LogP contribution in [0.3, 0.4) is 0 Å². The van der Waals surface area contributed by atoms with Gasteiger partial charge in [-0.3, -0.25) is 0 Å². The molecule has 294 valence electrons. The van der Waals surface area contributed by atoms with Crippen LogP contribution in [-0.2, 0) is 14.2 Å². The lowest BCUT2D eigenvalue weighted by Gasteiger charge is -2.20. The van der Waals surface area contributed by atoms with Crippen LogP contribution in [0, 0.1) is 0 Å². The highest BCUT2D eigenvalue weighted by Gasteiger charge is 2.25. The monoisotopic (exact) mass is 744 g/mol. The van der Waals surface area contributed by atoms with Crippen LogP contribution in [0.15, 0.2) is 36.4 Å². The predicted octanol–water partition coefficient (Wildman–Crippen LogP) is 11.6. The molecule has 0 aromatic heterocycles. The van der Waals surface area contributed by atoms with Crippen molar-refractivity contribution in [2.45, 2.75) is 119 Å². The van der Waals surface area contributed by atoms with Gasteiger partial charge in [-0.05, 0) is 107 Å². The minimum absolute atomic E-state index is 0.265. The van der Waals surface area contributed by atoms with Gasteiger partial charge in [0.1, 0.15) is 33.9 Å². The number of carbonyl (C=O) groups is 3. The molecule has 0 aliphatic rings. The molecule has 0 saturated carbocycles. The Morgan fingerprint density at radius 3 is 0.852 bits per heavy atom. The van der Waals surface area contributed by atoms with Crippen molar-refractivity contribution in [2.24, 2.45) is 0 Å². The Hall–Kier alpha value is -4.53. The zero-order valence-corrected chi connectivity index (χ0v) is 33.4. The quantitative estimate of drug-likeness (QED) is 0.0300. The molecule has 0 aliphatic heterocycles. The number of unbranched alkanes of at least 4 members (excludes halogenated alkanes) is 6. The topological polar surface area (TPSA) is 107 Å². The van der Waals surface area contributed by atoms with Crippen molar-refractivity contribution < 1.29 is 42.8 Å². The summed E-state index contributed by atoms with van der Waals surface area (Å²) in [6, 6.07) is 11.1. The molecule has 9 nitrogen and oxygen atoms in total. The molecule has 0 saturated heterocycles. The molecule has 0 aliphatic carbocycles. The largest absolute Gasteiger partial charge is 0.493 e. The molecular formula is C45H60O9. The van der Waals surface area contributed by atoms with Gasteiger partial charge < -0.3 is 28.4 Å². The first-order valence-electron chi connectivity index (χ1n) is 20.3. The average Bonchev–Trinajstić information content (AvgIpc) is 3.19. The van der Waals surface area contributed by atoms with Crippen molar-refractivity contribution in [3.8, 4) is 17.2 Å². The van der Waals surface area contributed by atoms with E-state index in [-0.39, 0.29) is 19.8 Å². The van der Waals surface area contributed by atoms with Crippen LogP contribution in [0.2, 0.25) is 0 Å². The van der Waals surface area contributed by atoms with Crippen LogP contribution >= 0.6 is 0 Å². The standard InChI is InChI=1S/C45H60O9/c1-7-13-16-22-49-40-28-34-31(25-37(40)43(46)52-19-10-4)32-26-38(44(47)53-20-11-5)41(50-23-17-14-8-2)29-35(32)36-30-42(51-24-18-15-9-3)39(27-33(34)36)45(48)54-21-12-6/h25-30H,7-24H2,1-6H3. The lowest BCUT2D eigenvalue weighted by molar-refractivity contribution is 0.0491. The van der Waals surface area contributed by atoms with E-state index < -0.39 is 17.9 Å². The summed E-state index contributed by atoms with van der Waals surface area (Å²) in [6.45, 7) is 14.3. The molecule has 0 spiro atoms. The SMILES string of the molecule is CCCCCOc1cc2c3cc(OCCCCC)c(C(=O)OCCC)cc3c3cc(C(=O)OCCC)c(OCCCCC)cc3c2cc1C(=O)OCCC. The van der Waals surface area contributed by atoms with Crippen LogP contribution in [0.4, 0.5) is 0 Å². The Bertz CT molecular complexity index is 1860. The van der Waals surface area contributed by atoms with Crippen LogP contribution in [0.5, 0.6) is 17.2 Å². The summed E-state index contributed by atoms with van der Waals surface area (Å²) in [5.74, 6) is -0.208. The minimum Gasteiger partial charge on any atom is -0.493 e. The number of hydrogen-bond acceptors (Lipinski definition) is 9. The van der Waals surface area contributed by atoms with Crippen LogP contribution in [-0.4, -0.2) is 57.5 Å². The van der Waals surface area contributed by atoms with Gasteiger partial charge in [-0.1, -0.05) is 80.1 Å². The average molecular weight is 745 g/mol. The number of esters is 3. The van der Waals surface area contributed by atoms with Crippen molar-refractivity contribution in [2.75, 3.05) is 39.6 Å². The normalized spacial score (nSPS) is 11.2. The summed E-state index contributed by atoms with van der Waals surface area (Å²) in [6.07, 6.45) is 10.6. The third kappa shape index (κ3) is 10.8. The first kappa shape index (κ1) is 42.2. The van der Waals surface area contributed by atoms with E-state index in [0.717, 1.165) is 79.3 Å². The number of ether oxygens (including phenoxy) is 6. The van der Waals surface area contributed by atoms with E-state index in [4.69, 9.17) is 28.4 Å². The fourth-order valence-corrected chi connectivity index (χ4v) is 6.33. The van der Waals surface area contributed by atoms with Gasteiger partial charge in [-0.25, -0.2) is 14.4 Å². The van der Waals surface area contributed by atoms with Crippen LogP contribution in [0.1, 0.15) is 150 Å². The van der Waals surface area contributed by atoms with E-state index in [9.17, 15) is 14.4 Å². The Kier molecular flexibility index (Phi) is 17.2. The second-order valence-electron chi connectivity index (χ2n) is 13.8. The molecule has 0 radical (unpaired) electrons. The Balaban J connectivity index is 2.13. The maximum atomic E-state index is 13.6. The number of benzene rings is 4. The Labute approximate surface area is 320 Å². The molecule has 0 atom stereocenters. The number of fused-ring (bicyclic) bond motifs is 6. The third-order valence-corrected chi connectivity index (χ3v) is 9.22. The summed E-state index contributed by atoms with van der Waals surface area (Å²) in [5.41, 5.74) is 0.918. The molecule has 0 fully saturated rings. The number of hydrogen-bond donors (Lipinski definition) is 0. The van der Waals surface area contributed by atoms with Crippen LogP contribution in [0.25, 0.3) is 32.3 Å². The molecule has 4 rings (SSSR count). The van der Waals surface area contributed by atoms with Crippen molar-refractivity contribution in [1.82, 2.24) is 0 Å². The molecule has 54 heavy (non-hydrogen) atoms. The van der Waals surface area contributed by atoms with E-state index in [2.05, 4.69) is 20.8 Å². The first-order chi connectivity index (χ1) is 26.3. The van der Waals surface area contributed by atoms with Gasteiger partial charge >= 0.3 is 17.9 Å². The highest BCUT2D eigenvalue weighted by Crippen LogP contribution is 2.43. The second kappa shape index (κ2) is 22.0. The van der Waals surface area contributed by atoms with Gasteiger partial charge in [0.15, 0.2) is 0 Å². The summed E-state index contributed by atoms with van der Waals surface area (Å²) >= 11 is 0. The maximum absolute atomic E-state index is 13.6. The Morgan fingerprint density at radius 2 is 0.611 bits per heavy atom. The van der Waals surface area contributed by atoms with E-state index in [1.54, 1.807) is 12.1 Å². The molecule has 0 heterocycles. The molecule has 0 amide bonds. The molecule has 9 heteroatoms. The fraction of sp³-hybridized carbons (Fsp3) is 0.533. The summed E-state index contributed by atoms with van der Waals surface area (Å²) < 4.78 is 35.9. The highest BCUT2D eigenvalue weighted by atomic mass is 16.5. The lowest BCUT2D eigenvalue weighted by Crippen LogP contribution is -2.11. The van der Waals surface area contributed by atoms with Gasteiger partial charge in [0, 0.05) is 0 Å². The second-order valence-corrected chi connectivity index (χ2v) is 13.8.